The minimum Gasteiger partial charge on any atom is -0.462 e. The summed E-state index contributed by atoms with van der Waals surface area (Å²) in [5.74, 6) is -0.301. The van der Waals surface area contributed by atoms with Gasteiger partial charge in [0.05, 0.1) is 18.4 Å². The van der Waals surface area contributed by atoms with Crippen molar-refractivity contribution in [3.05, 3.63) is 30.6 Å². The van der Waals surface area contributed by atoms with Crippen molar-refractivity contribution in [1.82, 2.24) is 9.78 Å². The van der Waals surface area contributed by atoms with Gasteiger partial charge in [-0.05, 0) is 26.2 Å². The Morgan fingerprint density at radius 2 is 2.35 bits per heavy atom. The van der Waals surface area contributed by atoms with Crippen molar-refractivity contribution in [3.63, 3.8) is 0 Å². The van der Waals surface area contributed by atoms with E-state index < -0.39 is 0 Å². The smallest absolute Gasteiger partial charge is 0.341 e. The lowest BCUT2D eigenvalue weighted by Gasteiger charge is -2.00. The Balaban J connectivity index is 2.30. The van der Waals surface area contributed by atoms with Crippen LogP contribution in [0.2, 0.25) is 0 Å². The molecule has 1 aromatic heterocycles. The Hall–Kier alpha value is -1.58. The lowest BCUT2D eigenvalue weighted by Crippen LogP contribution is -2.03. The summed E-state index contributed by atoms with van der Waals surface area (Å²) in [6.07, 6.45) is 9.68. The monoisotopic (exact) mass is 236 g/mol. The second-order valence-corrected chi connectivity index (χ2v) is 3.85. The van der Waals surface area contributed by atoms with E-state index in [-0.39, 0.29) is 5.97 Å². The fraction of sp³-hybridized carbons (Fsp3) is 0.538. The zero-order chi connectivity index (χ0) is 12.5. The van der Waals surface area contributed by atoms with E-state index in [1.807, 2.05) is 6.08 Å². The van der Waals surface area contributed by atoms with E-state index in [1.165, 1.54) is 0 Å². The summed E-state index contributed by atoms with van der Waals surface area (Å²) >= 11 is 0. The van der Waals surface area contributed by atoms with Crippen LogP contribution in [0, 0.1) is 0 Å². The van der Waals surface area contributed by atoms with Gasteiger partial charge in [0.2, 0.25) is 0 Å². The van der Waals surface area contributed by atoms with Gasteiger partial charge in [-0.25, -0.2) is 4.79 Å². The lowest BCUT2D eigenvalue weighted by molar-refractivity contribution is 0.0526. The first-order valence-corrected chi connectivity index (χ1v) is 6.08. The quantitative estimate of drug-likeness (QED) is 0.396. The number of aromatic nitrogens is 2. The van der Waals surface area contributed by atoms with E-state index in [2.05, 4.69) is 11.7 Å². The number of ether oxygens (including phenoxy) is 1. The topological polar surface area (TPSA) is 44.1 Å². The van der Waals surface area contributed by atoms with Gasteiger partial charge in [0.25, 0.3) is 0 Å². The molecule has 94 valence electrons. The van der Waals surface area contributed by atoms with Gasteiger partial charge in [-0.15, -0.1) is 6.58 Å². The van der Waals surface area contributed by atoms with Crippen LogP contribution in [-0.4, -0.2) is 22.4 Å². The fourth-order valence-electron chi connectivity index (χ4n) is 1.54. The number of unbranched alkanes of at least 4 members (excludes halogenated alkanes) is 3. The van der Waals surface area contributed by atoms with Crippen molar-refractivity contribution in [2.75, 3.05) is 6.61 Å². The van der Waals surface area contributed by atoms with Crippen LogP contribution in [-0.2, 0) is 11.3 Å². The van der Waals surface area contributed by atoms with Gasteiger partial charge < -0.3 is 4.74 Å². The standard InChI is InChI=1S/C13H20N2O2/c1-3-5-6-7-8-9-15-11-12(10-14-15)13(16)17-4-2/h3,10-11H,1,4-9H2,2H3. The molecule has 0 saturated carbocycles. The zero-order valence-electron chi connectivity index (χ0n) is 10.4. The van der Waals surface area contributed by atoms with Gasteiger partial charge in [-0.3, -0.25) is 4.68 Å². The third-order valence-electron chi connectivity index (χ3n) is 2.44. The van der Waals surface area contributed by atoms with E-state index in [0.717, 1.165) is 32.2 Å². The minimum atomic E-state index is -0.301. The summed E-state index contributed by atoms with van der Waals surface area (Å²) in [6, 6.07) is 0. The van der Waals surface area contributed by atoms with Gasteiger partial charge in [0, 0.05) is 12.7 Å². The van der Waals surface area contributed by atoms with Crippen LogP contribution in [0.1, 0.15) is 43.0 Å². The maximum atomic E-state index is 11.4. The normalized spacial score (nSPS) is 10.2. The summed E-state index contributed by atoms with van der Waals surface area (Å²) in [7, 11) is 0. The van der Waals surface area contributed by atoms with Crippen LogP contribution < -0.4 is 0 Å². The fourth-order valence-corrected chi connectivity index (χ4v) is 1.54. The van der Waals surface area contributed by atoms with Crippen LogP contribution in [0.3, 0.4) is 0 Å². The van der Waals surface area contributed by atoms with Crippen LogP contribution in [0.4, 0.5) is 0 Å². The number of carbonyl (C=O) groups is 1. The second-order valence-electron chi connectivity index (χ2n) is 3.85. The largest absolute Gasteiger partial charge is 0.462 e. The van der Waals surface area contributed by atoms with Crippen LogP contribution >= 0.6 is 0 Å². The Bertz CT molecular complexity index is 358. The summed E-state index contributed by atoms with van der Waals surface area (Å²) in [5.41, 5.74) is 0.526. The summed E-state index contributed by atoms with van der Waals surface area (Å²) in [5, 5.41) is 4.13. The first-order chi connectivity index (χ1) is 8.27. The number of rotatable bonds is 8. The van der Waals surface area contributed by atoms with E-state index >= 15 is 0 Å². The maximum absolute atomic E-state index is 11.4. The molecular weight excluding hydrogens is 216 g/mol. The van der Waals surface area contributed by atoms with E-state index in [4.69, 9.17) is 4.74 Å². The Kier molecular flexibility index (Phi) is 6.07. The van der Waals surface area contributed by atoms with Gasteiger partial charge in [-0.2, -0.15) is 5.10 Å². The molecule has 0 atom stereocenters. The SMILES string of the molecule is C=CCCCCCn1cc(C(=O)OCC)cn1. The van der Waals surface area contributed by atoms with Gasteiger partial charge in [0.15, 0.2) is 0 Å². The summed E-state index contributed by atoms with van der Waals surface area (Å²) in [6.45, 7) is 6.72. The molecule has 0 bridgehead atoms. The molecule has 1 aromatic rings. The highest BCUT2D eigenvalue weighted by Gasteiger charge is 2.08. The molecule has 17 heavy (non-hydrogen) atoms. The van der Waals surface area contributed by atoms with E-state index in [1.54, 1.807) is 24.0 Å². The number of aryl methyl sites for hydroxylation is 1. The van der Waals surface area contributed by atoms with Crippen LogP contribution in [0.15, 0.2) is 25.0 Å². The first kappa shape index (κ1) is 13.5. The zero-order valence-corrected chi connectivity index (χ0v) is 10.4. The Morgan fingerprint density at radius 1 is 1.53 bits per heavy atom. The molecule has 0 radical (unpaired) electrons. The number of esters is 1. The summed E-state index contributed by atoms with van der Waals surface area (Å²) < 4.78 is 6.69. The Morgan fingerprint density at radius 3 is 3.06 bits per heavy atom. The van der Waals surface area contributed by atoms with Gasteiger partial charge in [-0.1, -0.05) is 12.5 Å². The Labute approximate surface area is 102 Å². The van der Waals surface area contributed by atoms with Crippen LogP contribution in [0.5, 0.6) is 0 Å². The number of nitrogens with zero attached hydrogens (tertiary/aromatic N) is 2. The molecule has 0 amide bonds. The lowest BCUT2D eigenvalue weighted by atomic mass is 10.2. The molecule has 0 aliphatic heterocycles. The maximum Gasteiger partial charge on any atom is 0.341 e. The number of carbonyl (C=O) groups excluding carboxylic acids is 1. The van der Waals surface area contributed by atoms with Gasteiger partial charge in [0.1, 0.15) is 0 Å². The second kappa shape index (κ2) is 7.65. The summed E-state index contributed by atoms with van der Waals surface area (Å²) in [4.78, 5) is 11.4. The number of allylic oxidation sites excluding steroid dienone is 1. The highest BCUT2D eigenvalue weighted by Crippen LogP contribution is 2.05. The molecule has 1 rings (SSSR count). The van der Waals surface area contributed by atoms with Crippen molar-refractivity contribution < 1.29 is 9.53 Å². The molecule has 0 aliphatic carbocycles. The molecule has 4 nitrogen and oxygen atoms in total. The molecule has 0 spiro atoms. The molecule has 0 aliphatic rings. The van der Waals surface area contributed by atoms with E-state index in [0.29, 0.717) is 12.2 Å². The first-order valence-electron chi connectivity index (χ1n) is 6.08. The highest BCUT2D eigenvalue weighted by molar-refractivity contribution is 5.88. The minimum absolute atomic E-state index is 0.301. The van der Waals surface area contributed by atoms with Crippen LogP contribution in [0.25, 0.3) is 0 Å². The predicted molar refractivity (Wildman–Crippen MR) is 66.8 cm³/mol. The molecule has 0 fully saturated rings. The van der Waals surface area contributed by atoms with Gasteiger partial charge >= 0.3 is 5.97 Å². The van der Waals surface area contributed by atoms with Crippen molar-refractivity contribution in [2.24, 2.45) is 0 Å². The predicted octanol–water partition coefficient (Wildman–Crippen LogP) is 2.81. The molecule has 0 unspecified atom stereocenters. The molecule has 4 heteroatoms. The van der Waals surface area contributed by atoms with Crippen molar-refractivity contribution in [3.8, 4) is 0 Å². The third kappa shape index (κ3) is 4.85. The molecule has 0 saturated heterocycles. The average Bonchev–Trinajstić information content (AvgIpc) is 2.78. The molecule has 1 heterocycles. The number of hydrogen-bond acceptors (Lipinski definition) is 3. The van der Waals surface area contributed by atoms with Crippen molar-refractivity contribution in [1.29, 1.82) is 0 Å². The number of hydrogen-bond donors (Lipinski definition) is 0. The van der Waals surface area contributed by atoms with E-state index in [9.17, 15) is 4.79 Å². The molecule has 0 aromatic carbocycles. The highest BCUT2D eigenvalue weighted by atomic mass is 16.5. The third-order valence-corrected chi connectivity index (χ3v) is 2.44. The van der Waals surface area contributed by atoms with Crippen molar-refractivity contribution in [2.45, 2.75) is 39.2 Å². The average molecular weight is 236 g/mol. The van der Waals surface area contributed by atoms with Crippen molar-refractivity contribution >= 4 is 5.97 Å². The molecule has 0 N–H and O–H groups in total. The molecular formula is C13H20N2O2.